The van der Waals surface area contributed by atoms with Crippen LogP contribution in [0.3, 0.4) is 0 Å². The number of aryl methyl sites for hydroxylation is 1. The van der Waals surface area contributed by atoms with E-state index in [4.69, 9.17) is 4.74 Å². The van der Waals surface area contributed by atoms with Crippen molar-refractivity contribution in [2.24, 2.45) is 0 Å². The Kier molecular flexibility index (Phi) is 5.09. The number of aromatic nitrogens is 1. The number of ether oxygens (including phenoxy) is 1. The van der Waals surface area contributed by atoms with E-state index in [-0.39, 0.29) is 0 Å². The van der Waals surface area contributed by atoms with Crippen molar-refractivity contribution in [1.82, 2.24) is 10.3 Å². The third-order valence-corrected chi connectivity index (χ3v) is 3.11. The largest absolute Gasteiger partial charge is 0.496 e. The summed E-state index contributed by atoms with van der Waals surface area (Å²) in [5.41, 5.74) is 2.86. The summed E-state index contributed by atoms with van der Waals surface area (Å²) in [6, 6.07) is 11.6. The molecule has 1 unspecified atom stereocenters. The summed E-state index contributed by atoms with van der Waals surface area (Å²) in [5, 5.41) is 13.5. The van der Waals surface area contributed by atoms with Crippen LogP contribution in [0.25, 0.3) is 0 Å². The molecule has 4 heteroatoms. The summed E-state index contributed by atoms with van der Waals surface area (Å²) in [6.45, 7) is 3.08. The van der Waals surface area contributed by atoms with Gasteiger partial charge in [-0.15, -0.1) is 0 Å². The number of benzene rings is 1. The number of methoxy groups -OCH3 is 1. The Morgan fingerprint density at radius 3 is 2.85 bits per heavy atom. The molecule has 2 aromatic rings. The molecule has 0 saturated carbocycles. The van der Waals surface area contributed by atoms with E-state index < -0.39 is 6.10 Å². The Labute approximate surface area is 119 Å². The first-order valence-corrected chi connectivity index (χ1v) is 6.64. The second-order valence-electron chi connectivity index (χ2n) is 4.71. The van der Waals surface area contributed by atoms with Crippen LogP contribution >= 0.6 is 0 Å². The molecule has 1 heterocycles. The average Bonchev–Trinajstić information content (AvgIpc) is 2.48. The molecule has 1 aromatic heterocycles. The number of aliphatic hydroxyl groups is 1. The third-order valence-electron chi connectivity index (χ3n) is 3.11. The van der Waals surface area contributed by atoms with Gasteiger partial charge in [-0.25, -0.2) is 0 Å². The normalized spacial score (nSPS) is 12.2. The van der Waals surface area contributed by atoms with Crippen LogP contribution in [0, 0.1) is 6.92 Å². The maximum Gasteiger partial charge on any atom is 0.124 e. The summed E-state index contributed by atoms with van der Waals surface area (Å²) in [7, 11) is 1.61. The van der Waals surface area contributed by atoms with Crippen LogP contribution in [-0.4, -0.2) is 23.7 Å². The SMILES string of the molecule is COc1ccc(C)cc1C(O)CNCc1ccccn1. The van der Waals surface area contributed by atoms with Crippen molar-refractivity contribution in [3.8, 4) is 5.75 Å². The summed E-state index contributed by atoms with van der Waals surface area (Å²) in [6.07, 6.45) is 1.16. The number of nitrogens with one attached hydrogen (secondary N) is 1. The van der Waals surface area contributed by atoms with Crippen molar-refractivity contribution in [1.29, 1.82) is 0 Å². The standard InChI is InChI=1S/C16H20N2O2/c1-12-6-7-16(20-2)14(9-12)15(19)11-17-10-13-5-3-4-8-18-13/h3-9,15,17,19H,10-11H2,1-2H3. The molecule has 2 N–H and O–H groups in total. The number of rotatable bonds is 6. The van der Waals surface area contributed by atoms with Crippen LogP contribution in [0.15, 0.2) is 42.6 Å². The van der Waals surface area contributed by atoms with E-state index >= 15 is 0 Å². The minimum absolute atomic E-state index is 0.455. The van der Waals surface area contributed by atoms with Crippen molar-refractivity contribution in [3.63, 3.8) is 0 Å². The van der Waals surface area contributed by atoms with Gasteiger partial charge in [0.05, 0.1) is 18.9 Å². The minimum Gasteiger partial charge on any atom is -0.496 e. The number of pyridine rings is 1. The Hall–Kier alpha value is -1.91. The van der Waals surface area contributed by atoms with Gasteiger partial charge < -0.3 is 15.2 Å². The molecule has 0 aliphatic carbocycles. The van der Waals surface area contributed by atoms with Crippen molar-refractivity contribution in [2.45, 2.75) is 19.6 Å². The van der Waals surface area contributed by atoms with Crippen LogP contribution in [-0.2, 0) is 6.54 Å². The van der Waals surface area contributed by atoms with E-state index in [0.29, 0.717) is 18.8 Å². The third kappa shape index (κ3) is 3.79. The molecule has 4 nitrogen and oxygen atoms in total. The molecule has 0 radical (unpaired) electrons. The van der Waals surface area contributed by atoms with Crippen LogP contribution in [0.5, 0.6) is 5.75 Å². The highest BCUT2D eigenvalue weighted by molar-refractivity contribution is 5.38. The van der Waals surface area contributed by atoms with Gasteiger partial charge in [0.25, 0.3) is 0 Å². The predicted octanol–water partition coefficient (Wildman–Crippen LogP) is 2.22. The first-order chi connectivity index (χ1) is 9.70. The number of hydrogen-bond acceptors (Lipinski definition) is 4. The monoisotopic (exact) mass is 272 g/mol. The zero-order chi connectivity index (χ0) is 14.4. The predicted molar refractivity (Wildman–Crippen MR) is 78.6 cm³/mol. The van der Waals surface area contributed by atoms with Gasteiger partial charge in [-0.2, -0.15) is 0 Å². The van der Waals surface area contributed by atoms with Crippen molar-refractivity contribution in [3.05, 3.63) is 59.4 Å². The maximum absolute atomic E-state index is 10.3. The second-order valence-corrected chi connectivity index (χ2v) is 4.71. The van der Waals surface area contributed by atoms with E-state index in [1.165, 1.54) is 0 Å². The topological polar surface area (TPSA) is 54.4 Å². The highest BCUT2D eigenvalue weighted by Gasteiger charge is 2.13. The van der Waals surface area contributed by atoms with Crippen molar-refractivity contribution >= 4 is 0 Å². The van der Waals surface area contributed by atoms with Gasteiger partial charge in [-0.1, -0.05) is 17.7 Å². The van der Waals surface area contributed by atoms with E-state index in [9.17, 15) is 5.11 Å². The van der Waals surface area contributed by atoms with Crippen molar-refractivity contribution < 1.29 is 9.84 Å². The average molecular weight is 272 g/mol. The van der Waals surface area contributed by atoms with Gasteiger partial charge in [0.2, 0.25) is 0 Å². The number of hydrogen-bond donors (Lipinski definition) is 2. The fraction of sp³-hybridized carbons (Fsp3) is 0.312. The summed E-state index contributed by atoms with van der Waals surface area (Å²) < 4.78 is 5.29. The van der Waals surface area contributed by atoms with Gasteiger partial charge >= 0.3 is 0 Å². The molecule has 0 amide bonds. The molecule has 0 saturated heterocycles. The lowest BCUT2D eigenvalue weighted by molar-refractivity contribution is 0.170. The maximum atomic E-state index is 10.3. The molecule has 2 rings (SSSR count). The fourth-order valence-corrected chi connectivity index (χ4v) is 2.06. The lowest BCUT2D eigenvalue weighted by Gasteiger charge is -2.16. The molecule has 0 aliphatic heterocycles. The van der Waals surface area contributed by atoms with Crippen LogP contribution in [0.4, 0.5) is 0 Å². The van der Waals surface area contributed by atoms with Gasteiger partial charge in [0.1, 0.15) is 5.75 Å². The molecule has 0 bridgehead atoms. The van der Waals surface area contributed by atoms with Gasteiger partial charge in [0, 0.05) is 24.8 Å². The minimum atomic E-state index is -0.603. The van der Waals surface area contributed by atoms with Crippen LogP contribution in [0.2, 0.25) is 0 Å². The molecular formula is C16H20N2O2. The van der Waals surface area contributed by atoms with E-state index in [1.807, 2.05) is 43.3 Å². The first kappa shape index (κ1) is 14.5. The Balaban J connectivity index is 1.95. The smallest absolute Gasteiger partial charge is 0.124 e. The number of aliphatic hydroxyl groups excluding tert-OH is 1. The fourth-order valence-electron chi connectivity index (χ4n) is 2.06. The molecule has 0 aliphatic rings. The molecule has 0 fully saturated rings. The highest BCUT2D eigenvalue weighted by atomic mass is 16.5. The molecule has 1 atom stereocenters. The Morgan fingerprint density at radius 1 is 1.30 bits per heavy atom. The van der Waals surface area contributed by atoms with Gasteiger partial charge in [0.15, 0.2) is 0 Å². The second kappa shape index (κ2) is 7.03. The molecule has 20 heavy (non-hydrogen) atoms. The summed E-state index contributed by atoms with van der Waals surface area (Å²) >= 11 is 0. The van der Waals surface area contributed by atoms with Gasteiger partial charge in [-0.05, 0) is 31.2 Å². The first-order valence-electron chi connectivity index (χ1n) is 6.64. The lowest BCUT2D eigenvalue weighted by Crippen LogP contribution is -2.22. The number of nitrogens with zero attached hydrogens (tertiary/aromatic N) is 1. The Bertz CT molecular complexity index is 543. The summed E-state index contributed by atoms with van der Waals surface area (Å²) in [5.74, 6) is 0.711. The zero-order valence-corrected chi connectivity index (χ0v) is 11.8. The van der Waals surface area contributed by atoms with Crippen LogP contribution in [0.1, 0.15) is 22.9 Å². The molecule has 106 valence electrons. The Morgan fingerprint density at radius 2 is 2.15 bits per heavy atom. The molecule has 0 spiro atoms. The quantitative estimate of drug-likeness (QED) is 0.846. The van der Waals surface area contributed by atoms with Gasteiger partial charge in [-0.3, -0.25) is 4.98 Å². The van der Waals surface area contributed by atoms with E-state index in [2.05, 4.69) is 10.3 Å². The van der Waals surface area contributed by atoms with E-state index in [0.717, 1.165) is 16.8 Å². The molecular weight excluding hydrogens is 252 g/mol. The zero-order valence-electron chi connectivity index (χ0n) is 11.8. The highest BCUT2D eigenvalue weighted by Crippen LogP contribution is 2.25. The lowest BCUT2D eigenvalue weighted by atomic mass is 10.1. The van der Waals surface area contributed by atoms with Crippen LogP contribution < -0.4 is 10.1 Å². The van der Waals surface area contributed by atoms with E-state index in [1.54, 1.807) is 13.3 Å². The molecule has 1 aromatic carbocycles. The van der Waals surface area contributed by atoms with Crippen molar-refractivity contribution in [2.75, 3.05) is 13.7 Å². The summed E-state index contributed by atoms with van der Waals surface area (Å²) in [4.78, 5) is 4.23.